The first-order valence-corrected chi connectivity index (χ1v) is 8.95. The van der Waals surface area contributed by atoms with Crippen LogP contribution in [0.4, 0.5) is 10.5 Å². The second-order valence-electron chi connectivity index (χ2n) is 7.09. The molecule has 1 saturated heterocycles. The van der Waals surface area contributed by atoms with Gasteiger partial charge < -0.3 is 14.4 Å². The van der Waals surface area contributed by atoms with Crippen molar-refractivity contribution in [2.75, 3.05) is 25.5 Å². The van der Waals surface area contributed by atoms with Crippen molar-refractivity contribution in [2.24, 2.45) is 0 Å². The predicted octanol–water partition coefficient (Wildman–Crippen LogP) is 1.67. The molecule has 2 aromatic heterocycles. The van der Waals surface area contributed by atoms with E-state index in [0.29, 0.717) is 25.0 Å². The highest BCUT2D eigenvalue weighted by atomic mass is 16.2. The van der Waals surface area contributed by atoms with Gasteiger partial charge in [0.25, 0.3) is 0 Å². The van der Waals surface area contributed by atoms with Crippen LogP contribution in [0.2, 0.25) is 0 Å². The summed E-state index contributed by atoms with van der Waals surface area (Å²) < 4.78 is 1.99. The number of carbonyl (C=O) groups is 2. The van der Waals surface area contributed by atoms with E-state index in [1.165, 1.54) is 4.90 Å². The Morgan fingerprint density at radius 3 is 2.41 bits per heavy atom. The van der Waals surface area contributed by atoms with Crippen molar-refractivity contribution in [3.8, 4) is 0 Å². The fourth-order valence-electron chi connectivity index (χ4n) is 2.78. The molecule has 0 aliphatic carbocycles. The molecular weight excluding hydrogens is 346 g/mol. The lowest BCUT2D eigenvalue weighted by Crippen LogP contribution is -2.51. The van der Waals surface area contributed by atoms with E-state index in [2.05, 4.69) is 28.8 Å². The van der Waals surface area contributed by atoms with Gasteiger partial charge in [-0.1, -0.05) is 0 Å². The molecule has 9 heteroatoms. The van der Waals surface area contributed by atoms with Gasteiger partial charge in [-0.05, 0) is 13.8 Å². The summed E-state index contributed by atoms with van der Waals surface area (Å²) in [7, 11) is 3.79. The molecule has 0 bridgehead atoms. The molecule has 0 aromatic carbocycles. The zero-order valence-corrected chi connectivity index (χ0v) is 16.2. The highest BCUT2D eigenvalue weighted by Crippen LogP contribution is 2.17. The molecule has 0 radical (unpaired) electrons. The summed E-state index contributed by atoms with van der Waals surface area (Å²) in [4.78, 5) is 42.7. The van der Waals surface area contributed by atoms with E-state index in [4.69, 9.17) is 0 Å². The first-order chi connectivity index (χ1) is 12.8. The van der Waals surface area contributed by atoms with Crippen molar-refractivity contribution in [1.29, 1.82) is 0 Å². The van der Waals surface area contributed by atoms with Crippen LogP contribution in [0.1, 0.15) is 37.8 Å². The molecule has 1 aliphatic heterocycles. The molecule has 1 fully saturated rings. The highest BCUT2D eigenvalue weighted by molar-refractivity contribution is 5.96. The molecule has 3 heterocycles. The Morgan fingerprint density at radius 1 is 1.11 bits per heavy atom. The fraction of sp³-hybridized carbons (Fsp3) is 0.500. The first-order valence-electron chi connectivity index (χ1n) is 8.95. The van der Waals surface area contributed by atoms with E-state index in [1.807, 2.05) is 29.8 Å². The fourth-order valence-corrected chi connectivity index (χ4v) is 2.78. The van der Waals surface area contributed by atoms with Crippen molar-refractivity contribution in [2.45, 2.75) is 39.4 Å². The second-order valence-corrected chi connectivity index (χ2v) is 7.09. The maximum absolute atomic E-state index is 12.8. The second kappa shape index (κ2) is 7.73. The Kier molecular flexibility index (Phi) is 5.38. The average Bonchev–Trinajstić information content (AvgIpc) is 3.10. The van der Waals surface area contributed by atoms with Gasteiger partial charge in [0.05, 0.1) is 43.2 Å². The minimum atomic E-state index is -0.328. The summed E-state index contributed by atoms with van der Waals surface area (Å²) in [5.74, 6) is 0.234. The molecule has 27 heavy (non-hydrogen) atoms. The Hall–Kier alpha value is -2.97. The Morgan fingerprint density at radius 2 is 1.81 bits per heavy atom. The Labute approximate surface area is 158 Å². The summed E-state index contributed by atoms with van der Waals surface area (Å²) >= 11 is 0. The van der Waals surface area contributed by atoms with Gasteiger partial charge in [-0.15, -0.1) is 0 Å². The number of carbonyl (C=O) groups excluding carboxylic acids is 2. The van der Waals surface area contributed by atoms with E-state index in [0.717, 1.165) is 11.4 Å². The van der Waals surface area contributed by atoms with Crippen LogP contribution in [0.25, 0.3) is 0 Å². The topological polar surface area (TPSA) is 87.5 Å². The predicted molar refractivity (Wildman–Crippen MR) is 99.9 cm³/mol. The third-order valence-corrected chi connectivity index (χ3v) is 4.51. The highest BCUT2D eigenvalue weighted by Gasteiger charge is 2.32. The van der Waals surface area contributed by atoms with Crippen LogP contribution in [-0.4, -0.2) is 61.9 Å². The van der Waals surface area contributed by atoms with Crippen molar-refractivity contribution < 1.29 is 9.59 Å². The Balaban J connectivity index is 1.69. The maximum atomic E-state index is 12.8. The SMILES string of the molecule is CC(C)n1cnc(CN2CCC(=O)N(Cc3ncc(N(C)C)cn3)C2=O)c1. The minimum Gasteiger partial charge on any atom is -0.375 e. The van der Waals surface area contributed by atoms with Gasteiger partial charge in [0.15, 0.2) is 0 Å². The molecule has 0 spiro atoms. The average molecular weight is 371 g/mol. The summed E-state index contributed by atoms with van der Waals surface area (Å²) in [6, 6.07) is -0.0192. The van der Waals surface area contributed by atoms with Gasteiger partial charge in [-0.3, -0.25) is 9.69 Å². The third-order valence-electron chi connectivity index (χ3n) is 4.51. The lowest BCUT2D eigenvalue weighted by atomic mass is 10.2. The van der Waals surface area contributed by atoms with Gasteiger partial charge in [0.2, 0.25) is 5.91 Å². The van der Waals surface area contributed by atoms with E-state index in [9.17, 15) is 9.59 Å². The molecule has 9 nitrogen and oxygen atoms in total. The van der Waals surface area contributed by atoms with Crippen LogP contribution in [0.5, 0.6) is 0 Å². The van der Waals surface area contributed by atoms with Crippen LogP contribution >= 0.6 is 0 Å². The van der Waals surface area contributed by atoms with Gasteiger partial charge in [0.1, 0.15) is 5.82 Å². The normalized spacial score (nSPS) is 15.0. The lowest BCUT2D eigenvalue weighted by molar-refractivity contribution is -0.131. The van der Waals surface area contributed by atoms with E-state index < -0.39 is 0 Å². The summed E-state index contributed by atoms with van der Waals surface area (Å²) in [5, 5.41) is 0. The Bertz CT molecular complexity index is 813. The van der Waals surface area contributed by atoms with Crippen LogP contribution in [-0.2, 0) is 17.9 Å². The van der Waals surface area contributed by atoms with E-state index >= 15 is 0 Å². The number of imide groups is 1. The lowest BCUT2D eigenvalue weighted by Gasteiger charge is -2.33. The number of hydrogen-bond donors (Lipinski definition) is 0. The quantitative estimate of drug-likeness (QED) is 0.768. The van der Waals surface area contributed by atoms with Crippen molar-refractivity contribution in [3.05, 3.63) is 36.4 Å². The summed E-state index contributed by atoms with van der Waals surface area (Å²) in [5.41, 5.74) is 1.66. The molecule has 144 valence electrons. The molecule has 0 N–H and O–H groups in total. The number of imidazole rings is 1. The van der Waals surface area contributed by atoms with E-state index in [1.54, 1.807) is 23.6 Å². The van der Waals surface area contributed by atoms with Gasteiger partial charge in [0, 0.05) is 39.3 Å². The maximum Gasteiger partial charge on any atom is 0.327 e. The summed E-state index contributed by atoms with van der Waals surface area (Å²) in [6.07, 6.45) is 7.33. The minimum absolute atomic E-state index is 0.0717. The number of rotatable bonds is 6. The molecule has 0 unspecified atom stereocenters. The number of hydrogen-bond acceptors (Lipinski definition) is 6. The summed E-state index contributed by atoms with van der Waals surface area (Å²) in [6.45, 7) is 4.98. The largest absolute Gasteiger partial charge is 0.375 e. The van der Waals surface area contributed by atoms with Gasteiger partial charge >= 0.3 is 6.03 Å². The van der Waals surface area contributed by atoms with Crippen LogP contribution in [0.15, 0.2) is 24.9 Å². The van der Waals surface area contributed by atoms with Crippen molar-refractivity contribution >= 4 is 17.6 Å². The zero-order valence-electron chi connectivity index (χ0n) is 16.2. The number of aromatic nitrogens is 4. The van der Waals surface area contributed by atoms with Crippen molar-refractivity contribution in [3.63, 3.8) is 0 Å². The number of nitrogens with zero attached hydrogens (tertiary/aromatic N) is 7. The van der Waals surface area contributed by atoms with E-state index in [-0.39, 0.29) is 24.9 Å². The van der Waals surface area contributed by atoms with Gasteiger partial charge in [-0.2, -0.15) is 0 Å². The molecular formula is C18H25N7O2. The van der Waals surface area contributed by atoms with Gasteiger partial charge in [-0.25, -0.2) is 19.7 Å². The number of urea groups is 1. The van der Waals surface area contributed by atoms with Crippen LogP contribution in [0.3, 0.4) is 0 Å². The van der Waals surface area contributed by atoms with Crippen LogP contribution < -0.4 is 4.90 Å². The molecule has 0 atom stereocenters. The molecule has 1 aliphatic rings. The molecule has 3 rings (SSSR count). The molecule has 2 aromatic rings. The first kappa shape index (κ1) is 18.8. The zero-order chi connectivity index (χ0) is 19.6. The smallest absolute Gasteiger partial charge is 0.327 e. The molecule has 0 saturated carbocycles. The monoisotopic (exact) mass is 371 g/mol. The van der Waals surface area contributed by atoms with Crippen molar-refractivity contribution in [1.82, 2.24) is 29.3 Å². The standard InChI is InChI=1S/C18H25N7O2/c1-13(2)24-10-14(21-12-24)9-23-6-5-17(26)25(18(23)27)11-16-19-7-15(8-20-16)22(3)4/h7-8,10,12-13H,5-6,9,11H2,1-4H3. The number of anilines is 1. The third kappa shape index (κ3) is 4.24. The molecule has 3 amide bonds. The number of amides is 3. The van der Waals surface area contributed by atoms with Crippen LogP contribution in [0, 0.1) is 0 Å².